The number of hydrogen-bond acceptors (Lipinski definition) is 6. The minimum Gasteiger partial charge on any atom is -0.493 e. The zero-order valence-electron chi connectivity index (χ0n) is 16.9. The number of hydrogen-bond donors (Lipinski definition) is 0. The van der Waals surface area contributed by atoms with Crippen molar-refractivity contribution in [1.82, 2.24) is 0 Å². The normalized spacial score (nSPS) is 16.6. The van der Waals surface area contributed by atoms with Crippen LogP contribution in [0.5, 0.6) is 23.0 Å². The summed E-state index contributed by atoms with van der Waals surface area (Å²) in [5.74, 6) is 2.94. The molecule has 0 aliphatic carbocycles. The SMILES string of the molecule is CCO[C@H]1c2c(ccc(OC)c2OC)-c2ccc3cc4c(cc3c2N1C)OCO4. The summed E-state index contributed by atoms with van der Waals surface area (Å²) in [6, 6.07) is 12.4. The van der Waals surface area contributed by atoms with Gasteiger partial charge in [0.15, 0.2) is 29.2 Å². The van der Waals surface area contributed by atoms with Crippen molar-refractivity contribution in [2.75, 3.05) is 39.6 Å². The Labute approximate surface area is 169 Å². The minimum atomic E-state index is -0.302. The van der Waals surface area contributed by atoms with Gasteiger partial charge in [-0.3, -0.25) is 0 Å². The molecule has 0 spiro atoms. The molecule has 0 amide bonds. The fourth-order valence-electron chi connectivity index (χ4n) is 4.39. The number of rotatable bonds is 4. The van der Waals surface area contributed by atoms with Gasteiger partial charge in [0.05, 0.1) is 25.5 Å². The lowest BCUT2D eigenvalue weighted by molar-refractivity contribution is 0.0608. The molecule has 0 fully saturated rings. The van der Waals surface area contributed by atoms with Crippen LogP contribution in [0.1, 0.15) is 18.7 Å². The Morgan fingerprint density at radius 2 is 1.76 bits per heavy atom. The molecule has 0 aromatic heterocycles. The largest absolute Gasteiger partial charge is 0.493 e. The Kier molecular flexibility index (Phi) is 4.17. The summed E-state index contributed by atoms with van der Waals surface area (Å²) in [5, 5.41) is 2.19. The van der Waals surface area contributed by atoms with Crippen LogP contribution in [0.15, 0.2) is 36.4 Å². The van der Waals surface area contributed by atoms with Crippen LogP contribution in [-0.4, -0.2) is 34.7 Å². The summed E-state index contributed by atoms with van der Waals surface area (Å²) >= 11 is 0. The molecule has 0 radical (unpaired) electrons. The number of fused-ring (bicyclic) bond motifs is 6. The van der Waals surface area contributed by atoms with Crippen molar-refractivity contribution in [3.63, 3.8) is 0 Å². The van der Waals surface area contributed by atoms with Gasteiger partial charge in [0.1, 0.15) is 0 Å². The maximum absolute atomic E-state index is 6.20. The topological polar surface area (TPSA) is 49.4 Å². The molecule has 150 valence electrons. The van der Waals surface area contributed by atoms with E-state index in [-0.39, 0.29) is 13.0 Å². The molecule has 3 aromatic rings. The van der Waals surface area contributed by atoms with Gasteiger partial charge in [0, 0.05) is 24.6 Å². The number of anilines is 1. The van der Waals surface area contributed by atoms with Gasteiger partial charge in [-0.1, -0.05) is 12.1 Å². The van der Waals surface area contributed by atoms with Crippen LogP contribution in [0, 0.1) is 0 Å². The quantitative estimate of drug-likeness (QED) is 0.638. The van der Waals surface area contributed by atoms with Crippen LogP contribution in [0.4, 0.5) is 5.69 Å². The predicted molar refractivity (Wildman–Crippen MR) is 111 cm³/mol. The second kappa shape index (κ2) is 6.74. The fourth-order valence-corrected chi connectivity index (χ4v) is 4.39. The summed E-state index contributed by atoms with van der Waals surface area (Å²) in [5.41, 5.74) is 4.27. The molecule has 0 saturated heterocycles. The highest BCUT2D eigenvalue weighted by Gasteiger charge is 2.35. The average molecular weight is 393 g/mol. The smallest absolute Gasteiger partial charge is 0.231 e. The van der Waals surface area contributed by atoms with Crippen molar-refractivity contribution in [2.24, 2.45) is 0 Å². The summed E-state index contributed by atoms with van der Waals surface area (Å²) < 4.78 is 28.7. The van der Waals surface area contributed by atoms with E-state index in [2.05, 4.69) is 29.2 Å². The van der Waals surface area contributed by atoms with Crippen molar-refractivity contribution < 1.29 is 23.7 Å². The van der Waals surface area contributed by atoms with E-state index >= 15 is 0 Å². The number of benzene rings is 3. The summed E-state index contributed by atoms with van der Waals surface area (Å²) in [7, 11) is 5.36. The Morgan fingerprint density at radius 3 is 2.48 bits per heavy atom. The van der Waals surface area contributed by atoms with Crippen molar-refractivity contribution in [1.29, 1.82) is 0 Å². The molecule has 5 rings (SSSR count). The van der Waals surface area contributed by atoms with Gasteiger partial charge >= 0.3 is 0 Å². The molecule has 2 aliphatic heterocycles. The summed E-state index contributed by atoms with van der Waals surface area (Å²) in [4.78, 5) is 2.16. The van der Waals surface area contributed by atoms with Gasteiger partial charge in [-0.05, 0) is 42.1 Å². The maximum Gasteiger partial charge on any atom is 0.231 e. The summed E-state index contributed by atoms with van der Waals surface area (Å²) in [6.07, 6.45) is -0.302. The van der Waals surface area contributed by atoms with E-state index in [1.54, 1.807) is 14.2 Å². The Bertz CT molecular complexity index is 1110. The Balaban J connectivity index is 1.83. The third kappa shape index (κ3) is 2.52. The van der Waals surface area contributed by atoms with Crippen molar-refractivity contribution in [3.8, 4) is 34.1 Å². The first-order chi connectivity index (χ1) is 14.2. The lowest BCUT2D eigenvalue weighted by Crippen LogP contribution is -2.31. The van der Waals surface area contributed by atoms with Crippen LogP contribution in [0.3, 0.4) is 0 Å². The van der Waals surface area contributed by atoms with Gasteiger partial charge in [-0.15, -0.1) is 0 Å². The highest BCUT2D eigenvalue weighted by atomic mass is 16.7. The van der Waals surface area contributed by atoms with Crippen LogP contribution >= 0.6 is 0 Å². The van der Waals surface area contributed by atoms with Crippen molar-refractivity contribution in [2.45, 2.75) is 13.2 Å². The molecular weight excluding hydrogens is 370 g/mol. The summed E-state index contributed by atoms with van der Waals surface area (Å²) in [6.45, 7) is 2.82. The Morgan fingerprint density at radius 1 is 1.00 bits per heavy atom. The molecule has 0 bridgehead atoms. The van der Waals surface area contributed by atoms with E-state index in [1.165, 1.54) is 0 Å². The number of nitrogens with zero attached hydrogens (tertiary/aromatic N) is 1. The van der Waals surface area contributed by atoms with E-state index in [0.717, 1.165) is 44.6 Å². The van der Waals surface area contributed by atoms with Gasteiger partial charge in [-0.2, -0.15) is 0 Å². The molecule has 6 heteroatoms. The molecule has 2 aliphatic rings. The van der Waals surface area contributed by atoms with E-state index in [1.807, 2.05) is 26.1 Å². The number of methoxy groups -OCH3 is 2. The fraction of sp³-hybridized carbons (Fsp3) is 0.304. The highest BCUT2D eigenvalue weighted by Crippen LogP contribution is 2.53. The van der Waals surface area contributed by atoms with E-state index in [4.69, 9.17) is 23.7 Å². The lowest BCUT2D eigenvalue weighted by atomic mass is 9.88. The standard InChI is InChI=1S/C23H23NO5/c1-5-27-23-20-14(8-9-17(25-3)22(20)26-4)15-7-6-13-10-18-19(29-12-28-18)11-16(13)21(15)24(23)2/h6-11,23H,5,12H2,1-4H3/t23-/m0/s1. The van der Waals surface area contributed by atoms with Gasteiger partial charge in [0.25, 0.3) is 0 Å². The molecule has 3 aromatic carbocycles. The second-order valence-corrected chi connectivity index (χ2v) is 7.07. The highest BCUT2D eigenvalue weighted by molar-refractivity contribution is 6.05. The van der Waals surface area contributed by atoms with Crippen molar-refractivity contribution >= 4 is 16.5 Å². The third-order valence-electron chi connectivity index (χ3n) is 5.63. The molecule has 0 N–H and O–H groups in total. The Hall–Kier alpha value is -3.12. The maximum atomic E-state index is 6.20. The lowest BCUT2D eigenvalue weighted by Gasteiger charge is -2.39. The van der Waals surface area contributed by atoms with Gasteiger partial charge in [-0.25, -0.2) is 0 Å². The molecule has 29 heavy (non-hydrogen) atoms. The van der Waals surface area contributed by atoms with Crippen molar-refractivity contribution in [3.05, 3.63) is 42.0 Å². The zero-order chi connectivity index (χ0) is 20.1. The van der Waals surface area contributed by atoms with E-state index in [9.17, 15) is 0 Å². The minimum absolute atomic E-state index is 0.255. The molecule has 6 nitrogen and oxygen atoms in total. The van der Waals surface area contributed by atoms with Gasteiger partial charge < -0.3 is 28.6 Å². The molecule has 0 saturated carbocycles. The molecule has 2 heterocycles. The monoisotopic (exact) mass is 393 g/mol. The van der Waals surface area contributed by atoms with Crippen LogP contribution in [0.25, 0.3) is 21.9 Å². The molecule has 0 unspecified atom stereocenters. The first-order valence-electron chi connectivity index (χ1n) is 9.64. The van der Waals surface area contributed by atoms with Gasteiger partial charge in [0.2, 0.25) is 6.79 Å². The van der Waals surface area contributed by atoms with E-state index < -0.39 is 0 Å². The molecule has 1 atom stereocenters. The third-order valence-corrected chi connectivity index (χ3v) is 5.63. The second-order valence-electron chi connectivity index (χ2n) is 7.07. The number of ether oxygens (including phenoxy) is 5. The van der Waals surface area contributed by atoms with Crippen LogP contribution in [0.2, 0.25) is 0 Å². The van der Waals surface area contributed by atoms with Crippen LogP contribution < -0.4 is 23.8 Å². The average Bonchev–Trinajstić information content (AvgIpc) is 3.20. The first-order valence-corrected chi connectivity index (χ1v) is 9.64. The van der Waals surface area contributed by atoms with E-state index in [0.29, 0.717) is 18.1 Å². The first kappa shape index (κ1) is 17.9. The van der Waals surface area contributed by atoms with Crippen LogP contribution in [-0.2, 0) is 4.74 Å². The predicted octanol–water partition coefficient (Wildman–Crippen LogP) is 4.74. The molecular formula is C23H23NO5. The zero-order valence-corrected chi connectivity index (χ0v) is 16.9.